The first-order valence-electron chi connectivity index (χ1n) is 8.83. The molecule has 0 saturated carbocycles. The van der Waals surface area contributed by atoms with Gasteiger partial charge in [-0.25, -0.2) is 9.67 Å². The van der Waals surface area contributed by atoms with E-state index in [1.165, 1.54) is 0 Å². The molecule has 2 aromatic rings. The molecule has 1 aliphatic rings. The van der Waals surface area contributed by atoms with Gasteiger partial charge in [-0.2, -0.15) is 5.10 Å². The van der Waals surface area contributed by atoms with Gasteiger partial charge in [0.05, 0.1) is 13.1 Å². The first-order valence-corrected chi connectivity index (χ1v) is 9.21. The summed E-state index contributed by atoms with van der Waals surface area (Å²) in [7, 11) is 1.77. The summed E-state index contributed by atoms with van der Waals surface area (Å²) in [4.78, 5) is 8.75. The summed E-state index contributed by atoms with van der Waals surface area (Å²) in [6.45, 7) is 5.36. The standard InChI is InChI=1S/C18H25ClN6O/c1-12(26-16-6-4-5-14(19)9-16)10-21-18(20-3)23-15-7-8-17-22-13(2)24-25(17)11-15/h4-6,9,12,15H,7-8,10-11H2,1-3H3,(H2,20,21,23). The molecule has 26 heavy (non-hydrogen) atoms. The van der Waals surface area contributed by atoms with Crippen LogP contribution in [0.4, 0.5) is 0 Å². The minimum atomic E-state index is -0.0251. The summed E-state index contributed by atoms with van der Waals surface area (Å²) in [6.07, 6.45) is 1.90. The fraction of sp³-hybridized carbons (Fsp3) is 0.500. The maximum Gasteiger partial charge on any atom is 0.191 e. The van der Waals surface area contributed by atoms with E-state index in [0.29, 0.717) is 11.6 Å². The summed E-state index contributed by atoms with van der Waals surface area (Å²) < 4.78 is 7.86. The first kappa shape index (κ1) is 18.5. The fourth-order valence-corrected chi connectivity index (χ4v) is 3.17. The first-order chi connectivity index (χ1) is 12.5. The van der Waals surface area contributed by atoms with Gasteiger partial charge in [-0.1, -0.05) is 17.7 Å². The van der Waals surface area contributed by atoms with E-state index in [4.69, 9.17) is 16.3 Å². The number of aryl methyl sites for hydroxylation is 2. The molecule has 0 spiro atoms. The number of hydrogen-bond donors (Lipinski definition) is 2. The van der Waals surface area contributed by atoms with Crippen LogP contribution >= 0.6 is 11.6 Å². The largest absolute Gasteiger partial charge is 0.489 e. The second-order valence-corrected chi connectivity index (χ2v) is 6.91. The average Bonchev–Trinajstić information content (AvgIpc) is 2.97. The van der Waals surface area contributed by atoms with Crippen molar-refractivity contribution in [2.45, 2.75) is 45.4 Å². The van der Waals surface area contributed by atoms with Gasteiger partial charge in [-0.05, 0) is 38.5 Å². The number of fused-ring (bicyclic) bond motifs is 1. The van der Waals surface area contributed by atoms with Crippen molar-refractivity contribution in [3.8, 4) is 5.75 Å². The number of rotatable bonds is 5. The van der Waals surface area contributed by atoms with Crippen LogP contribution in [0.25, 0.3) is 0 Å². The van der Waals surface area contributed by atoms with Crippen LogP contribution in [0.15, 0.2) is 29.3 Å². The molecular weight excluding hydrogens is 352 g/mol. The van der Waals surface area contributed by atoms with E-state index in [1.807, 2.05) is 42.8 Å². The molecular formula is C18H25ClN6O. The molecule has 1 aromatic heterocycles. The second-order valence-electron chi connectivity index (χ2n) is 6.48. The SMILES string of the molecule is CN=C(NCC(C)Oc1cccc(Cl)c1)NC1CCc2nc(C)nn2C1. The summed E-state index contributed by atoms with van der Waals surface area (Å²) >= 11 is 5.99. The van der Waals surface area contributed by atoms with E-state index in [1.54, 1.807) is 7.05 Å². The summed E-state index contributed by atoms with van der Waals surface area (Å²) in [6, 6.07) is 7.69. The van der Waals surface area contributed by atoms with Gasteiger partial charge in [0.2, 0.25) is 0 Å². The molecule has 2 unspecified atom stereocenters. The summed E-state index contributed by atoms with van der Waals surface area (Å²) in [5, 5.41) is 11.9. The van der Waals surface area contributed by atoms with E-state index in [-0.39, 0.29) is 12.1 Å². The Morgan fingerprint density at radius 2 is 2.35 bits per heavy atom. The van der Waals surface area contributed by atoms with Gasteiger partial charge in [0, 0.05) is 24.5 Å². The smallest absolute Gasteiger partial charge is 0.191 e. The highest BCUT2D eigenvalue weighted by molar-refractivity contribution is 6.30. The lowest BCUT2D eigenvalue weighted by molar-refractivity contribution is 0.223. The number of guanidine groups is 1. The minimum Gasteiger partial charge on any atom is -0.489 e. The highest BCUT2D eigenvalue weighted by Gasteiger charge is 2.21. The molecule has 0 fully saturated rings. The molecule has 2 N–H and O–H groups in total. The zero-order chi connectivity index (χ0) is 18.5. The van der Waals surface area contributed by atoms with E-state index in [9.17, 15) is 0 Å². The van der Waals surface area contributed by atoms with Gasteiger partial charge in [-0.3, -0.25) is 4.99 Å². The van der Waals surface area contributed by atoms with Gasteiger partial charge >= 0.3 is 0 Å². The predicted octanol–water partition coefficient (Wildman–Crippen LogP) is 2.19. The minimum absolute atomic E-state index is 0.0251. The van der Waals surface area contributed by atoms with Crippen LogP contribution in [-0.2, 0) is 13.0 Å². The lowest BCUT2D eigenvalue weighted by Gasteiger charge is -2.26. The Labute approximate surface area is 158 Å². The maximum absolute atomic E-state index is 5.99. The lowest BCUT2D eigenvalue weighted by atomic mass is 10.1. The van der Waals surface area contributed by atoms with Crippen LogP contribution < -0.4 is 15.4 Å². The van der Waals surface area contributed by atoms with Crippen LogP contribution in [0.5, 0.6) is 5.75 Å². The normalized spacial score (nSPS) is 18.2. The van der Waals surface area contributed by atoms with Crippen molar-refractivity contribution in [3.05, 3.63) is 40.9 Å². The molecule has 2 atom stereocenters. The Balaban J connectivity index is 1.47. The van der Waals surface area contributed by atoms with E-state index in [2.05, 4.69) is 25.7 Å². The predicted molar refractivity (Wildman–Crippen MR) is 103 cm³/mol. The van der Waals surface area contributed by atoms with Gasteiger partial charge in [-0.15, -0.1) is 0 Å². The van der Waals surface area contributed by atoms with E-state index >= 15 is 0 Å². The Morgan fingerprint density at radius 1 is 1.50 bits per heavy atom. The Bertz CT molecular complexity index is 775. The molecule has 0 amide bonds. The maximum atomic E-state index is 5.99. The highest BCUT2D eigenvalue weighted by Crippen LogP contribution is 2.18. The number of nitrogens with one attached hydrogen (secondary N) is 2. The molecule has 0 bridgehead atoms. The number of ether oxygens (including phenoxy) is 1. The average molecular weight is 377 g/mol. The Kier molecular flexibility index (Phi) is 5.98. The molecule has 3 rings (SSSR count). The number of halogens is 1. The number of benzene rings is 1. The van der Waals surface area contributed by atoms with Crippen molar-refractivity contribution < 1.29 is 4.74 Å². The van der Waals surface area contributed by atoms with E-state index < -0.39 is 0 Å². The van der Waals surface area contributed by atoms with E-state index in [0.717, 1.165) is 42.7 Å². The van der Waals surface area contributed by atoms with Crippen molar-refractivity contribution in [3.63, 3.8) is 0 Å². The van der Waals surface area contributed by atoms with Crippen molar-refractivity contribution in [2.24, 2.45) is 4.99 Å². The molecule has 7 nitrogen and oxygen atoms in total. The molecule has 0 saturated heterocycles. The van der Waals surface area contributed by atoms with Crippen LogP contribution in [-0.4, -0.2) is 46.5 Å². The summed E-state index contributed by atoms with van der Waals surface area (Å²) in [5.74, 6) is 3.41. The number of aromatic nitrogens is 3. The molecule has 140 valence electrons. The van der Waals surface area contributed by atoms with Crippen molar-refractivity contribution >= 4 is 17.6 Å². The van der Waals surface area contributed by atoms with Crippen molar-refractivity contribution in [2.75, 3.05) is 13.6 Å². The van der Waals surface area contributed by atoms with Gasteiger partial charge in [0.25, 0.3) is 0 Å². The zero-order valence-corrected chi connectivity index (χ0v) is 16.1. The zero-order valence-electron chi connectivity index (χ0n) is 15.4. The molecule has 1 aliphatic heterocycles. The molecule has 2 heterocycles. The van der Waals surface area contributed by atoms with Gasteiger partial charge in [0.15, 0.2) is 5.96 Å². The molecule has 0 aliphatic carbocycles. The molecule has 1 aromatic carbocycles. The number of hydrogen-bond acceptors (Lipinski definition) is 4. The third kappa shape index (κ3) is 4.88. The third-order valence-corrected chi connectivity index (χ3v) is 4.45. The second kappa shape index (κ2) is 8.40. The third-order valence-electron chi connectivity index (χ3n) is 4.22. The fourth-order valence-electron chi connectivity index (χ4n) is 2.99. The highest BCUT2D eigenvalue weighted by atomic mass is 35.5. The number of nitrogens with zero attached hydrogens (tertiary/aromatic N) is 4. The Hall–Kier alpha value is -2.28. The Morgan fingerprint density at radius 3 is 3.12 bits per heavy atom. The van der Waals surface area contributed by atoms with Gasteiger partial charge in [0.1, 0.15) is 23.5 Å². The quantitative estimate of drug-likeness (QED) is 0.618. The van der Waals surface area contributed by atoms with Gasteiger partial charge < -0.3 is 15.4 Å². The molecule has 0 radical (unpaired) electrons. The number of aliphatic imine (C=N–C) groups is 1. The summed E-state index contributed by atoms with van der Waals surface area (Å²) in [5.41, 5.74) is 0. The molecule has 8 heteroatoms. The monoisotopic (exact) mass is 376 g/mol. The van der Waals surface area contributed by atoms with Crippen LogP contribution in [0, 0.1) is 6.92 Å². The lowest BCUT2D eigenvalue weighted by Crippen LogP contribution is -2.48. The van der Waals surface area contributed by atoms with Crippen LogP contribution in [0.1, 0.15) is 25.0 Å². The van der Waals surface area contributed by atoms with Crippen LogP contribution in [0.2, 0.25) is 5.02 Å². The topological polar surface area (TPSA) is 76.4 Å². The van der Waals surface area contributed by atoms with Crippen molar-refractivity contribution in [1.82, 2.24) is 25.4 Å². The van der Waals surface area contributed by atoms with Crippen LogP contribution in [0.3, 0.4) is 0 Å². The van der Waals surface area contributed by atoms with Crippen molar-refractivity contribution in [1.29, 1.82) is 0 Å².